The number of fused-ring (bicyclic) bond motifs is 6. The van der Waals surface area contributed by atoms with Crippen molar-refractivity contribution < 1.29 is 0 Å². The predicted octanol–water partition coefficient (Wildman–Crippen LogP) is 7.96. The average Bonchev–Trinajstić information content (AvgIpc) is 3.69. The molecule has 8 aromatic rings. The number of nitrogens with two attached hydrogens (primary N) is 1. The van der Waals surface area contributed by atoms with Crippen molar-refractivity contribution in [3.63, 3.8) is 0 Å². The van der Waals surface area contributed by atoms with Gasteiger partial charge in [-0.15, -0.1) is 0 Å². The molecule has 2 atom stereocenters. The lowest BCUT2D eigenvalue weighted by molar-refractivity contribution is 0.463. The summed E-state index contributed by atoms with van der Waals surface area (Å²) in [5.74, 6) is 8.12. The Morgan fingerprint density at radius 2 is 1.16 bits per heavy atom. The molecule has 2 unspecified atom stereocenters. The van der Waals surface area contributed by atoms with Gasteiger partial charge in [0.2, 0.25) is 0 Å². The van der Waals surface area contributed by atoms with Gasteiger partial charge in [-0.25, -0.2) is 4.99 Å². The van der Waals surface area contributed by atoms with E-state index in [1.807, 2.05) is 48.7 Å². The first-order chi connectivity index (χ1) is 25.2. The van der Waals surface area contributed by atoms with Crippen molar-refractivity contribution in [3.05, 3.63) is 168 Å². The number of aliphatic imine (C=N–C) groups is 2. The summed E-state index contributed by atoms with van der Waals surface area (Å²) >= 11 is 0. The van der Waals surface area contributed by atoms with Gasteiger partial charge in [-0.05, 0) is 53.1 Å². The van der Waals surface area contributed by atoms with E-state index < -0.39 is 0 Å². The van der Waals surface area contributed by atoms with Crippen LogP contribution in [0.2, 0.25) is 0 Å². The van der Waals surface area contributed by atoms with E-state index in [4.69, 9.17) is 15.8 Å². The van der Waals surface area contributed by atoms with Gasteiger partial charge in [0.05, 0.1) is 34.3 Å². The van der Waals surface area contributed by atoms with Crippen molar-refractivity contribution >= 4 is 55.7 Å². The Kier molecular flexibility index (Phi) is 6.67. The topological polar surface area (TPSA) is 96.7 Å². The van der Waals surface area contributed by atoms with E-state index in [1.54, 1.807) is 4.68 Å². The summed E-state index contributed by atoms with van der Waals surface area (Å²) in [6.45, 7) is 0.591. The smallest absolute Gasteiger partial charge is 0.148 e. The number of amidine groups is 1. The number of rotatable bonds is 4. The minimum atomic E-state index is -0.256. The van der Waals surface area contributed by atoms with Crippen LogP contribution in [0.4, 0.5) is 0 Å². The molecular weight excluding hydrogens is 629 g/mol. The second-order valence-corrected chi connectivity index (χ2v) is 13.1. The zero-order valence-corrected chi connectivity index (χ0v) is 27.7. The average molecular weight is 663 g/mol. The third kappa shape index (κ3) is 4.83. The second-order valence-electron chi connectivity index (χ2n) is 13.1. The van der Waals surface area contributed by atoms with Gasteiger partial charge in [0, 0.05) is 33.3 Å². The van der Waals surface area contributed by atoms with Crippen molar-refractivity contribution in [2.75, 3.05) is 12.4 Å². The highest BCUT2D eigenvalue weighted by atomic mass is 15.3. The van der Waals surface area contributed by atoms with Gasteiger partial charge in [-0.1, -0.05) is 109 Å². The molecule has 6 aromatic carbocycles. The van der Waals surface area contributed by atoms with Crippen molar-refractivity contribution in [2.24, 2.45) is 9.98 Å². The lowest BCUT2D eigenvalue weighted by atomic mass is 10.0. The first-order valence-electron chi connectivity index (χ1n) is 17.2. The number of allylic oxidation sites excluding steroid dienone is 1. The lowest BCUT2D eigenvalue weighted by Gasteiger charge is -2.32. The molecular formula is C43H34N8. The number of benzene rings is 6. The van der Waals surface area contributed by atoms with Crippen LogP contribution in [0.3, 0.4) is 0 Å². The van der Waals surface area contributed by atoms with E-state index in [0.29, 0.717) is 6.54 Å². The molecule has 8 heteroatoms. The van der Waals surface area contributed by atoms with Crippen LogP contribution in [0.5, 0.6) is 0 Å². The van der Waals surface area contributed by atoms with Crippen LogP contribution in [0.25, 0.3) is 54.7 Å². The van der Waals surface area contributed by atoms with E-state index in [9.17, 15) is 0 Å². The fraction of sp³-hybridized carbons (Fsp3) is 0.0698. The van der Waals surface area contributed by atoms with Crippen molar-refractivity contribution in [1.82, 2.24) is 25.2 Å². The third-order valence-corrected chi connectivity index (χ3v) is 10.1. The maximum Gasteiger partial charge on any atom is 0.148 e. The monoisotopic (exact) mass is 662 g/mol. The number of hydrogen-bond acceptors (Lipinski definition) is 6. The molecule has 0 radical (unpaired) electrons. The van der Waals surface area contributed by atoms with Crippen LogP contribution >= 0.6 is 0 Å². The van der Waals surface area contributed by atoms with E-state index in [2.05, 4.69) is 124 Å². The zero-order chi connectivity index (χ0) is 33.9. The summed E-state index contributed by atoms with van der Waals surface area (Å²) in [7, 11) is 0. The number of aromatic nitrogens is 2. The SMILES string of the molecule is Nn1c2ccccc2c2cc(-c3ccc4c(c3)c3ccccc3n4C3CN=CC(=C4NC(c5ccccc5)=NC(c5ccccc5)N4)N3)ccc21. The Morgan fingerprint density at radius 3 is 1.92 bits per heavy atom. The summed E-state index contributed by atoms with van der Waals surface area (Å²) in [6.07, 6.45) is 1.55. The van der Waals surface area contributed by atoms with Gasteiger partial charge >= 0.3 is 0 Å². The van der Waals surface area contributed by atoms with E-state index >= 15 is 0 Å². The quantitative estimate of drug-likeness (QED) is 0.144. The van der Waals surface area contributed by atoms with Crippen LogP contribution < -0.4 is 21.8 Å². The third-order valence-electron chi connectivity index (χ3n) is 10.1. The molecule has 0 amide bonds. The summed E-state index contributed by atoms with van der Waals surface area (Å²) < 4.78 is 4.17. The molecule has 0 saturated heterocycles. The van der Waals surface area contributed by atoms with Crippen molar-refractivity contribution in [3.8, 4) is 11.1 Å². The Bertz CT molecular complexity index is 2720. The molecule has 0 fully saturated rings. The van der Waals surface area contributed by atoms with Gasteiger partial charge in [0.15, 0.2) is 0 Å². The summed E-state index contributed by atoms with van der Waals surface area (Å²) in [5, 5.41) is 15.8. The molecule has 0 saturated carbocycles. The molecule has 2 aliphatic heterocycles. The fourth-order valence-electron chi connectivity index (χ4n) is 7.66. The van der Waals surface area contributed by atoms with Crippen molar-refractivity contribution in [1.29, 1.82) is 0 Å². The van der Waals surface area contributed by atoms with Crippen LogP contribution in [-0.4, -0.2) is 27.8 Å². The molecule has 0 bridgehead atoms. The fourth-order valence-corrected chi connectivity index (χ4v) is 7.66. The van der Waals surface area contributed by atoms with Crippen LogP contribution in [0, 0.1) is 0 Å². The summed E-state index contributed by atoms with van der Waals surface area (Å²) in [6, 6.07) is 50.9. The maximum absolute atomic E-state index is 6.48. The first-order valence-corrected chi connectivity index (χ1v) is 17.2. The highest BCUT2D eigenvalue weighted by molar-refractivity contribution is 6.11. The highest BCUT2D eigenvalue weighted by Gasteiger charge is 2.26. The number of hydrogen-bond donors (Lipinski definition) is 4. The maximum atomic E-state index is 6.48. The molecule has 2 aromatic heterocycles. The van der Waals surface area contributed by atoms with Gasteiger partial charge in [-0.3, -0.25) is 9.67 Å². The Balaban J connectivity index is 1.05. The van der Waals surface area contributed by atoms with E-state index in [0.717, 1.165) is 72.4 Å². The first kappa shape index (κ1) is 29.1. The van der Waals surface area contributed by atoms with Crippen LogP contribution in [-0.2, 0) is 0 Å². The summed E-state index contributed by atoms with van der Waals surface area (Å²) in [5.41, 5.74) is 9.65. The van der Waals surface area contributed by atoms with Crippen LogP contribution in [0.15, 0.2) is 167 Å². The number of nitrogens with one attached hydrogen (secondary N) is 3. The molecule has 2 aliphatic rings. The molecule has 0 aliphatic carbocycles. The molecule has 4 heterocycles. The van der Waals surface area contributed by atoms with Gasteiger partial charge in [0.1, 0.15) is 24.0 Å². The molecule has 51 heavy (non-hydrogen) atoms. The number of para-hydroxylation sites is 2. The van der Waals surface area contributed by atoms with E-state index in [-0.39, 0.29) is 12.3 Å². The predicted molar refractivity (Wildman–Crippen MR) is 209 cm³/mol. The minimum absolute atomic E-state index is 0.115. The zero-order valence-electron chi connectivity index (χ0n) is 27.7. The normalized spacial score (nSPS) is 18.9. The molecule has 8 nitrogen and oxygen atoms in total. The van der Waals surface area contributed by atoms with Gasteiger partial charge in [0.25, 0.3) is 0 Å². The number of nitrogens with zero attached hydrogens (tertiary/aromatic N) is 4. The summed E-state index contributed by atoms with van der Waals surface area (Å²) in [4.78, 5) is 9.96. The largest absolute Gasteiger partial charge is 0.359 e. The standard InChI is InChI=1S/C43H34N8/c44-51-38-18-10-8-16-32(38)34-24-30(20-22-39(34)51)29-19-21-37-33(23-29)31-15-7-9-17-36(31)50(37)40-26-45-25-35(46-40)43-48-41(27-11-3-1-4-12-27)47-42(49-43)28-13-5-2-6-14-28/h1-25,40-41,46,48H,26,44H2,(H,47,49). The Morgan fingerprint density at radius 1 is 0.569 bits per heavy atom. The van der Waals surface area contributed by atoms with Crippen LogP contribution in [0.1, 0.15) is 23.5 Å². The highest BCUT2D eigenvalue weighted by Crippen LogP contribution is 2.37. The minimum Gasteiger partial charge on any atom is -0.359 e. The second kappa shape index (κ2) is 11.7. The van der Waals surface area contributed by atoms with Crippen molar-refractivity contribution in [2.45, 2.75) is 12.3 Å². The van der Waals surface area contributed by atoms with Gasteiger partial charge < -0.3 is 26.4 Å². The Labute approximate surface area is 294 Å². The molecule has 5 N–H and O–H groups in total. The molecule has 0 spiro atoms. The van der Waals surface area contributed by atoms with Gasteiger partial charge in [-0.2, -0.15) is 0 Å². The lowest BCUT2D eigenvalue weighted by Crippen LogP contribution is -2.44. The molecule has 246 valence electrons. The molecule has 10 rings (SSSR count). The Hall–Kier alpha value is -6.80. The number of nitrogen functional groups attached to an aromatic ring is 1. The van der Waals surface area contributed by atoms with E-state index in [1.165, 1.54) is 10.8 Å².